The fraction of sp³-hybridized carbons (Fsp3) is 0.368. The quantitative estimate of drug-likeness (QED) is 0.681. The zero-order chi connectivity index (χ0) is 17.2. The van der Waals surface area contributed by atoms with E-state index in [0.717, 1.165) is 11.1 Å². The summed E-state index contributed by atoms with van der Waals surface area (Å²) in [7, 11) is 0. The molecule has 2 aromatic carbocycles. The van der Waals surface area contributed by atoms with Crippen LogP contribution in [0.15, 0.2) is 60.7 Å². The van der Waals surface area contributed by atoms with Crippen LogP contribution in [-0.2, 0) is 17.6 Å². The van der Waals surface area contributed by atoms with Gasteiger partial charge in [-0.1, -0.05) is 76.6 Å². The third-order valence-electron chi connectivity index (χ3n) is 4.50. The monoisotopic (exact) mass is 392 g/mol. The normalized spacial score (nSPS) is 31.1. The van der Waals surface area contributed by atoms with E-state index in [-0.39, 0.29) is 6.42 Å². The first-order valence-corrected chi connectivity index (χ1v) is 8.88. The Kier molecular flexibility index (Phi) is 5.37. The van der Waals surface area contributed by atoms with Crippen LogP contribution in [0.25, 0.3) is 0 Å². The molecule has 3 rings (SSSR count). The van der Waals surface area contributed by atoms with Crippen LogP contribution in [0.1, 0.15) is 11.1 Å². The minimum atomic E-state index is -1.57. The molecule has 1 saturated heterocycles. The van der Waals surface area contributed by atoms with Gasteiger partial charge in [-0.2, -0.15) is 0 Å². The van der Waals surface area contributed by atoms with E-state index in [1.165, 1.54) is 0 Å². The number of alkyl halides is 1. The van der Waals surface area contributed by atoms with Crippen molar-refractivity contribution in [3.63, 3.8) is 0 Å². The highest BCUT2D eigenvalue weighted by atomic mass is 79.9. The van der Waals surface area contributed by atoms with Gasteiger partial charge in [-0.15, -0.1) is 0 Å². The largest absolute Gasteiger partial charge is 0.390 e. The summed E-state index contributed by atoms with van der Waals surface area (Å²) < 4.78 is 5.66. The van der Waals surface area contributed by atoms with Crippen molar-refractivity contribution in [2.75, 3.05) is 0 Å². The average Bonchev–Trinajstić information content (AvgIpc) is 2.81. The Morgan fingerprint density at radius 1 is 1.00 bits per heavy atom. The smallest absolute Gasteiger partial charge is 0.141 e. The van der Waals surface area contributed by atoms with Gasteiger partial charge in [0.05, 0.1) is 6.10 Å². The van der Waals surface area contributed by atoms with Gasteiger partial charge in [-0.05, 0) is 11.1 Å². The number of aliphatic hydroxyl groups excluding tert-OH is 2. The zero-order valence-electron chi connectivity index (χ0n) is 13.1. The third-order valence-corrected chi connectivity index (χ3v) is 5.21. The van der Waals surface area contributed by atoms with Gasteiger partial charge in [0.25, 0.3) is 0 Å². The SMILES string of the molecule is OC(Cc1ccccc1)[C@H]1O[C@H](Br)[C@@H](O)[C@@]1(O)Cc1ccccc1. The van der Waals surface area contributed by atoms with Crippen molar-refractivity contribution in [1.29, 1.82) is 0 Å². The number of aliphatic hydroxyl groups is 3. The standard InChI is InChI=1S/C19H21BrO4/c20-18-16(22)19(23,12-14-9-5-2-6-10-14)17(24-18)15(21)11-13-7-3-1-4-8-13/h1-10,15-18,21-23H,11-12H2/t15?,16-,17-,18+,19+/m1/s1. The Labute approximate surface area is 149 Å². The summed E-state index contributed by atoms with van der Waals surface area (Å²) in [6.07, 6.45) is -2.41. The van der Waals surface area contributed by atoms with E-state index in [1.54, 1.807) is 0 Å². The Balaban J connectivity index is 1.81. The first kappa shape index (κ1) is 17.6. The van der Waals surface area contributed by atoms with Crippen LogP contribution in [-0.4, -0.2) is 44.2 Å². The Bertz CT molecular complexity index is 651. The second-order valence-electron chi connectivity index (χ2n) is 6.26. The third kappa shape index (κ3) is 3.55. The van der Waals surface area contributed by atoms with Gasteiger partial charge in [-0.3, -0.25) is 0 Å². The Hall–Kier alpha value is -1.24. The van der Waals surface area contributed by atoms with Crippen molar-refractivity contribution < 1.29 is 20.1 Å². The lowest BCUT2D eigenvalue weighted by molar-refractivity contribution is -0.117. The first-order valence-electron chi connectivity index (χ1n) is 7.96. The fourth-order valence-corrected chi connectivity index (χ4v) is 3.93. The molecular formula is C19H21BrO4. The summed E-state index contributed by atoms with van der Waals surface area (Å²) in [6.45, 7) is 0. The minimum Gasteiger partial charge on any atom is -0.390 e. The summed E-state index contributed by atoms with van der Waals surface area (Å²) in [5.74, 6) is 0. The molecule has 0 amide bonds. The molecule has 0 aromatic heterocycles. The molecule has 2 aromatic rings. The Morgan fingerprint density at radius 2 is 1.54 bits per heavy atom. The van der Waals surface area contributed by atoms with Crippen molar-refractivity contribution in [3.8, 4) is 0 Å². The van der Waals surface area contributed by atoms with Crippen LogP contribution in [0, 0.1) is 0 Å². The molecule has 128 valence electrons. The average molecular weight is 393 g/mol. The summed E-state index contributed by atoms with van der Waals surface area (Å²) in [5.41, 5.74) is 0.258. The lowest BCUT2D eigenvalue weighted by atomic mass is 9.82. The van der Waals surface area contributed by atoms with Crippen LogP contribution >= 0.6 is 15.9 Å². The molecule has 1 unspecified atom stereocenters. The van der Waals surface area contributed by atoms with Crippen LogP contribution in [0.4, 0.5) is 0 Å². The fourth-order valence-electron chi connectivity index (χ4n) is 3.24. The number of halogens is 1. The summed E-state index contributed by atoms with van der Waals surface area (Å²) >= 11 is 3.24. The van der Waals surface area contributed by atoms with Gasteiger partial charge in [0, 0.05) is 12.8 Å². The maximum Gasteiger partial charge on any atom is 0.141 e. The van der Waals surface area contributed by atoms with E-state index in [1.807, 2.05) is 60.7 Å². The minimum absolute atomic E-state index is 0.202. The van der Waals surface area contributed by atoms with Gasteiger partial charge >= 0.3 is 0 Å². The molecule has 0 saturated carbocycles. The molecule has 0 spiro atoms. The summed E-state index contributed by atoms with van der Waals surface area (Å²) in [4.78, 5) is 0. The van der Waals surface area contributed by atoms with Crippen LogP contribution in [0.2, 0.25) is 0 Å². The maximum absolute atomic E-state index is 11.1. The molecule has 1 fully saturated rings. The van der Waals surface area contributed by atoms with Crippen LogP contribution < -0.4 is 0 Å². The second-order valence-corrected chi connectivity index (χ2v) is 7.17. The number of hydrogen-bond donors (Lipinski definition) is 3. The van der Waals surface area contributed by atoms with Crippen molar-refractivity contribution in [2.45, 2.75) is 41.8 Å². The Morgan fingerprint density at radius 3 is 2.12 bits per heavy atom. The van der Waals surface area contributed by atoms with Crippen molar-refractivity contribution in [2.24, 2.45) is 0 Å². The molecule has 1 heterocycles. The van der Waals surface area contributed by atoms with Gasteiger partial charge in [0.2, 0.25) is 0 Å². The number of rotatable bonds is 5. The van der Waals surface area contributed by atoms with E-state index in [0.29, 0.717) is 6.42 Å². The number of benzene rings is 2. The van der Waals surface area contributed by atoms with Gasteiger partial charge in [0.15, 0.2) is 0 Å². The maximum atomic E-state index is 11.1. The summed E-state index contributed by atoms with van der Waals surface area (Å²) in [5, 5.41) is 31.5. The highest BCUT2D eigenvalue weighted by Crippen LogP contribution is 2.38. The van der Waals surface area contributed by atoms with Crippen molar-refractivity contribution in [3.05, 3.63) is 71.8 Å². The van der Waals surface area contributed by atoms with Crippen LogP contribution in [0.5, 0.6) is 0 Å². The molecule has 3 N–H and O–H groups in total. The van der Waals surface area contributed by atoms with Gasteiger partial charge in [0.1, 0.15) is 22.8 Å². The highest BCUT2D eigenvalue weighted by Gasteiger charge is 2.56. The molecule has 5 atom stereocenters. The lowest BCUT2D eigenvalue weighted by Gasteiger charge is -2.33. The van der Waals surface area contributed by atoms with E-state index in [2.05, 4.69) is 15.9 Å². The molecule has 24 heavy (non-hydrogen) atoms. The predicted molar refractivity (Wildman–Crippen MR) is 94.8 cm³/mol. The molecule has 1 aliphatic heterocycles. The highest BCUT2D eigenvalue weighted by molar-refractivity contribution is 9.09. The van der Waals surface area contributed by atoms with Crippen molar-refractivity contribution in [1.82, 2.24) is 0 Å². The predicted octanol–water partition coefficient (Wildman–Crippen LogP) is 2.04. The van der Waals surface area contributed by atoms with E-state index in [9.17, 15) is 15.3 Å². The molecule has 1 aliphatic rings. The first-order chi connectivity index (χ1) is 11.5. The zero-order valence-corrected chi connectivity index (χ0v) is 14.7. The van der Waals surface area contributed by atoms with E-state index < -0.39 is 28.9 Å². The second kappa shape index (κ2) is 7.33. The lowest BCUT2D eigenvalue weighted by Crippen LogP contribution is -2.54. The molecule has 4 nitrogen and oxygen atoms in total. The molecule has 0 bridgehead atoms. The molecule has 0 aliphatic carbocycles. The molecule has 0 radical (unpaired) electrons. The van der Waals surface area contributed by atoms with Gasteiger partial charge < -0.3 is 20.1 Å². The molecular weight excluding hydrogens is 372 g/mol. The topological polar surface area (TPSA) is 69.9 Å². The van der Waals surface area contributed by atoms with Gasteiger partial charge in [-0.25, -0.2) is 0 Å². The number of hydrogen-bond acceptors (Lipinski definition) is 4. The summed E-state index contributed by atoms with van der Waals surface area (Å²) in [6, 6.07) is 18.9. The number of ether oxygens (including phenoxy) is 1. The van der Waals surface area contributed by atoms with E-state index >= 15 is 0 Å². The van der Waals surface area contributed by atoms with Crippen LogP contribution in [0.3, 0.4) is 0 Å². The van der Waals surface area contributed by atoms with E-state index in [4.69, 9.17) is 4.74 Å². The molecule has 5 heteroatoms. The van der Waals surface area contributed by atoms with Crippen molar-refractivity contribution >= 4 is 15.9 Å².